The molecule has 1 atom stereocenters. The molecule has 1 unspecified atom stereocenters. The van der Waals surface area contributed by atoms with Crippen molar-refractivity contribution in [2.45, 2.75) is 13.0 Å². The van der Waals surface area contributed by atoms with Gasteiger partial charge in [0.05, 0.1) is 21.3 Å². The zero-order chi connectivity index (χ0) is 14.4. The van der Waals surface area contributed by atoms with Crippen LogP contribution >= 0.6 is 0 Å². The van der Waals surface area contributed by atoms with Gasteiger partial charge in [0.1, 0.15) is 6.04 Å². The zero-order valence-corrected chi connectivity index (χ0v) is 11.9. The third kappa shape index (κ3) is 3.43. The summed E-state index contributed by atoms with van der Waals surface area (Å²) in [7, 11) is 6.23. The van der Waals surface area contributed by atoms with E-state index in [0.29, 0.717) is 22.9 Å². The third-order valence-corrected chi connectivity index (χ3v) is 2.69. The molecule has 6 nitrogen and oxygen atoms in total. The second-order valence-electron chi connectivity index (χ2n) is 3.89. The largest absolute Gasteiger partial charge is 0.493 e. The van der Waals surface area contributed by atoms with Gasteiger partial charge in [-0.05, 0) is 6.92 Å². The van der Waals surface area contributed by atoms with Gasteiger partial charge >= 0.3 is 0 Å². The highest BCUT2D eigenvalue weighted by Gasteiger charge is 2.16. The number of ether oxygens (including phenoxy) is 3. The number of benzene rings is 1. The summed E-state index contributed by atoms with van der Waals surface area (Å²) in [6, 6.07) is 3.13. The first-order valence-electron chi connectivity index (χ1n) is 5.85. The number of hydrogen-bond acceptors (Lipinski definition) is 5. The van der Waals surface area contributed by atoms with Crippen molar-refractivity contribution in [1.29, 1.82) is 0 Å². The smallest absolute Gasteiger partial charge is 0.241 e. The number of rotatable bonds is 6. The van der Waals surface area contributed by atoms with Crippen molar-refractivity contribution < 1.29 is 19.0 Å². The van der Waals surface area contributed by atoms with Gasteiger partial charge in [-0.1, -0.05) is 0 Å². The Bertz CT molecular complexity index is 423. The van der Waals surface area contributed by atoms with E-state index in [1.54, 1.807) is 47.4 Å². The van der Waals surface area contributed by atoms with E-state index in [9.17, 15) is 4.79 Å². The quantitative estimate of drug-likeness (QED) is 0.813. The van der Waals surface area contributed by atoms with Gasteiger partial charge in [0.15, 0.2) is 11.5 Å². The monoisotopic (exact) mass is 268 g/mol. The fraction of sp³-hybridized carbons (Fsp3) is 0.462. The van der Waals surface area contributed by atoms with Crippen LogP contribution in [0.2, 0.25) is 0 Å². The van der Waals surface area contributed by atoms with Crippen molar-refractivity contribution in [1.82, 2.24) is 5.32 Å². The lowest BCUT2D eigenvalue weighted by molar-refractivity contribution is -0.121. The molecule has 6 heteroatoms. The summed E-state index contributed by atoms with van der Waals surface area (Å²) in [6.45, 7) is 1.77. The first kappa shape index (κ1) is 14.9. The van der Waals surface area contributed by atoms with Crippen LogP contribution in [0.4, 0.5) is 5.69 Å². The Balaban J connectivity index is 3.06. The van der Waals surface area contributed by atoms with Crippen LogP contribution in [0.15, 0.2) is 12.1 Å². The van der Waals surface area contributed by atoms with Crippen molar-refractivity contribution in [2.75, 3.05) is 33.7 Å². The average molecular weight is 268 g/mol. The minimum Gasteiger partial charge on any atom is -0.493 e. The van der Waals surface area contributed by atoms with Crippen molar-refractivity contribution in [2.24, 2.45) is 0 Å². The van der Waals surface area contributed by atoms with Gasteiger partial charge < -0.3 is 24.8 Å². The van der Waals surface area contributed by atoms with E-state index in [1.807, 2.05) is 0 Å². The maximum absolute atomic E-state index is 11.5. The summed E-state index contributed by atoms with van der Waals surface area (Å²) in [4.78, 5) is 11.5. The van der Waals surface area contributed by atoms with Gasteiger partial charge in [-0.15, -0.1) is 0 Å². The average Bonchev–Trinajstić information content (AvgIpc) is 2.44. The van der Waals surface area contributed by atoms with Gasteiger partial charge in [0.25, 0.3) is 0 Å². The highest BCUT2D eigenvalue weighted by molar-refractivity contribution is 5.84. The van der Waals surface area contributed by atoms with Crippen LogP contribution in [0.5, 0.6) is 17.2 Å². The molecule has 0 aliphatic heterocycles. The number of amides is 1. The molecule has 1 amide bonds. The number of hydrogen-bond donors (Lipinski definition) is 2. The van der Waals surface area contributed by atoms with Gasteiger partial charge in [-0.25, -0.2) is 0 Å². The van der Waals surface area contributed by atoms with Crippen molar-refractivity contribution in [3.05, 3.63) is 12.1 Å². The van der Waals surface area contributed by atoms with Gasteiger partial charge in [-0.2, -0.15) is 0 Å². The predicted molar refractivity (Wildman–Crippen MR) is 73.2 cm³/mol. The molecule has 19 heavy (non-hydrogen) atoms. The Hall–Kier alpha value is -2.11. The van der Waals surface area contributed by atoms with Crippen LogP contribution in [-0.2, 0) is 4.79 Å². The van der Waals surface area contributed by atoms with E-state index in [-0.39, 0.29) is 11.9 Å². The Morgan fingerprint density at radius 1 is 1.11 bits per heavy atom. The number of likely N-dealkylation sites (N-methyl/N-ethyl adjacent to an activating group) is 1. The number of methoxy groups -OCH3 is 3. The van der Waals surface area contributed by atoms with Crippen LogP contribution in [0.3, 0.4) is 0 Å². The molecule has 0 spiro atoms. The van der Waals surface area contributed by atoms with Crippen LogP contribution in [-0.4, -0.2) is 40.3 Å². The lowest BCUT2D eigenvalue weighted by Crippen LogP contribution is -2.35. The van der Waals surface area contributed by atoms with Crippen LogP contribution in [0.1, 0.15) is 6.92 Å². The number of carbonyl (C=O) groups is 1. The molecule has 0 heterocycles. The van der Waals surface area contributed by atoms with E-state index in [2.05, 4.69) is 10.6 Å². The van der Waals surface area contributed by atoms with Gasteiger partial charge in [0, 0.05) is 24.9 Å². The molecule has 106 valence electrons. The summed E-state index contributed by atoms with van der Waals surface area (Å²) in [5.74, 6) is 1.49. The zero-order valence-electron chi connectivity index (χ0n) is 11.9. The van der Waals surface area contributed by atoms with E-state index in [0.717, 1.165) is 0 Å². The van der Waals surface area contributed by atoms with Crippen molar-refractivity contribution in [3.63, 3.8) is 0 Å². The SMILES string of the molecule is CNC(=O)C(C)Nc1cc(OC)c(OC)c(OC)c1. The summed E-state index contributed by atoms with van der Waals surface area (Å²) >= 11 is 0. The Kier molecular flexibility index (Phi) is 5.29. The molecule has 0 saturated carbocycles. The van der Waals surface area contributed by atoms with Crippen LogP contribution in [0, 0.1) is 0 Å². The summed E-state index contributed by atoms with van der Waals surface area (Å²) < 4.78 is 15.7. The molecule has 1 aromatic carbocycles. The van der Waals surface area contributed by atoms with Crippen LogP contribution < -0.4 is 24.8 Å². The standard InChI is InChI=1S/C13H20N2O4/c1-8(13(16)14-2)15-9-6-10(17-3)12(19-5)11(7-9)18-4/h6-8,15H,1-5H3,(H,14,16). The number of anilines is 1. The Labute approximate surface area is 113 Å². The van der Waals surface area contributed by atoms with Gasteiger partial charge in [0.2, 0.25) is 11.7 Å². The van der Waals surface area contributed by atoms with E-state index >= 15 is 0 Å². The van der Waals surface area contributed by atoms with E-state index in [4.69, 9.17) is 14.2 Å². The topological polar surface area (TPSA) is 68.8 Å². The maximum Gasteiger partial charge on any atom is 0.241 e. The summed E-state index contributed by atoms with van der Waals surface area (Å²) in [5, 5.41) is 5.64. The van der Waals surface area contributed by atoms with Gasteiger partial charge in [-0.3, -0.25) is 4.79 Å². The minimum absolute atomic E-state index is 0.103. The Morgan fingerprint density at radius 3 is 2.00 bits per heavy atom. The number of carbonyl (C=O) groups excluding carboxylic acids is 1. The lowest BCUT2D eigenvalue weighted by atomic mass is 10.2. The molecular weight excluding hydrogens is 248 g/mol. The van der Waals surface area contributed by atoms with E-state index < -0.39 is 0 Å². The van der Waals surface area contributed by atoms with Crippen molar-refractivity contribution in [3.8, 4) is 17.2 Å². The molecule has 0 saturated heterocycles. The highest BCUT2D eigenvalue weighted by Crippen LogP contribution is 2.40. The summed E-state index contributed by atoms with van der Waals surface area (Å²) in [6.07, 6.45) is 0. The molecule has 2 N–H and O–H groups in total. The first-order valence-corrected chi connectivity index (χ1v) is 5.85. The molecule has 0 radical (unpaired) electrons. The molecule has 0 aliphatic carbocycles. The first-order chi connectivity index (χ1) is 9.07. The molecular formula is C13H20N2O4. The fourth-order valence-corrected chi connectivity index (χ4v) is 1.70. The fourth-order valence-electron chi connectivity index (χ4n) is 1.70. The molecule has 1 aromatic rings. The molecule has 0 aromatic heterocycles. The van der Waals surface area contributed by atoms with Crippen molar-refractivity contribution >= 4 is 11.6 Å². The second-order valence-corrected chi connectivity index (χ2v) is 3.89. The highest BCUT2D eigenvalue weighted by atomic mass is 16.5. The minimum atomic E-state index is -0.368. The summed E-state index contributed by atoms with van der Waals surface area (Å²) in [5.41, 5.74) is 0.714. The predicted octanol–water partition coefficient (Wildman–Crippen LogP) is 1.26. The maximum atomic E-state index is 11.5. The second kappa shape index (κ2) is 6.72. The molecule has 1 rings (SSSR count). The Morgan fingerprint density at radius 2 is 1.63 bits per heavy atom. The number of nitrogens with one attached hydrogen (secondary N) is 2. The molecule has 0 fully saturated rings. The third-order valence-electron chi connectivity index (χ3n) is 2.69. The van der Waals surface area contributed by atoms with Crippen LogP contribution in [0.25, 0.3) is 0 Å². The normalized spacial score (nSPS) is 11.4. The molecule has 0 aliphatic rings. The van der Waals surface area contributed by atoms with E-state index in [1.165, 1.54) is 0 Å². The molecule has 0 bridgehead atoms. The lowest BCUT2D eigenvalue weighted by Gasteiger charge is -2.17.